The molecule has 1 aromatic carbocycles. The van der Waals surface area contributed by atoms with Crippen LogP contribution in [0, 0.1) is 11.8 Å². The third kappa shape index (κ3) is 4.94. The lowest BCUT2D eigenvalue weighted by molar-refractivity contribution is -0.126. The molecule has 5 nitrogen and oxygen atoms in total. The minimum Gasteiger partial charge on any atom is -0.352 e. The summed E-state index contributed by atoms with van der Waals surface area (Å²) >= 11 is 0. The summed E-state index contributed by atoms with van der Waals surface area (Å²) in [6, 6.07) is 7.35. The van der Waals surface area contributed by atoms with Gasteiger partial charge in [0.25, 0.3) is 5.91 Å². The molecule has 1 aliphatic carbocycles. The molecule has 0 spiro atoms. The van der Waals surface area contributed by atoms with Crippen LogP contribution < -0.4 is 11.1 Å². The summed E-state index contributed by atoms with van der Waals surface area (Å²) in [5.74, 6) is 0.452. The molecule has 1 aromatic rings. The SMILES string of the molecule is CN(C)C(=O)c1ccc(CNC(=O)[C@@H]2CCC[C@@H]2CN)cc1.Cl. The van der Waals surface area contributed by atoms with E-state index in [0.717, 1.165) is 24.8 Å². The van der Waals surface area contributed by atoms with Crippen molar-refractivity contribution >= 4 is 24.2 Å². The molecular formula is C17H26ClN3O2. The van der Waals surface area contributed by atoms with Crippen molar-refractivity contribution in [1.82, 2.24) is 10.2 Å². The molecule has 0 aliphatic heterocycles. The first kappa shape index (κ1) is 19.5. The first-order valence-electron chi connectivity index (χ1n) is 7.81. The Hall–Kier alpha value is -1.59. The number of carbonyl (C=O) groups is 2. The number of nitrogens with two attached hydrogens (primary N) is 1. The van der Waals surface area contributed by atoms with E-state index in [9.17, 15) is 9.59 Å². The Bertz CT molecular complexity index is 531. The van der Waals surface area contributed by atoms with E-state index in [1.165, 1.54) is 0 Å². The zero-order chi connectivity index (χ0) is 16.1. The minimum absolute atomic E-state index is 0. The van der Waals surface area contributed by atoms with Gasteiger partial charge in [0.15, 0.2) is 0 Å². The van der Waals surface area contributed by atoms with Gasteiger partial charge in [-0.1, -0.05) is 18.6 Å². The van der Waals surface area contributed by atoms with E-state index in [1.807, 2.05) is 12.1 Å². The highest BCUT2D eigenvalue weighted by atomic mass is 35.5. The van der Waals surface area contributed by atoms with Crippen molar-refractivity contribution in [2.75, 3.05) is 20.6 Å². The highest BCUT2D eigenvalue weighted by Crippen LogP contribution is 2.30. The highest BCUT2D eigenvalue weighted by molar-refractivity contribution is 5.93. The first-order valence-corrected chi connectivity index (χ1v) is 7.81. The number of nitrogens with one attached hydrogen (secondary N) is 1. The van der Waals surface area contributed by atoms with Crippen molar-refractivity contribution in [3.63, 3.8) is 0 Å². The monoisotopic (exact) mass is 339 g/mol. The van der Waals surface area contributed by atoms with Gasteiger partial charge < -0.3 is 16.0 Å². The zero-order valence-corrected chi connectivity index (χ0v) is 14.6. The lowest BCUT2D eigenvalue weighted by Gasteiger charge is -2.17. The van der Waals surface area contributed by atoms with E-state index >= 15 is 0 Å². The predicted octanol–water partition coefficient (Wildman–Crippen LogP) is 1.80. The van der Waals surface area contributed by atoms with Gasteiger partial charge in [-0.25, -0.2) is 0 Å². The molecule has 6 heteroatoms. The smallest absolute Gasteiger partial charge is 0.253 e. The van der Waals surface area contributed by atoms with Gasteiger partial charge >= 0.3 is 0 Å². The molecule has 0 aromatic heterocycles. The van der Waals surface area contributed by atoms with E-state index in [4.69, 9.17) is 5.73 Å². The summed E-state index contributed by atoms with van der Waals surface area (Å²) in [7, 11) is 3.46. The van der Waals surface area contributed by atoms with E-state index in [2.05, 4.69) is 5.32 Å². The summed E-state index contributed by atoms with van der Waals surface area (Å²) < 4.78 is 0. The van der Waals surface area contributed by atoms with Gasteiger partial charge in [-0.15, -0.1) is 12.4 Å². The molecule has 0 unspecified atom stereocenters. The van der Waals surface area contributed by atoms with Crippen LogP contribution in [-0.2, 0) is 11.3 Å². The molecule has 1 fully saturated rings. The number of benzene rings is 1. The average molecular weight is 340 g/mol. The third-order valence-corrected chi connectivity index (χ3v) is 4.37. The summed E-state index contributed by atoms with van der Waals surface area (Å²) in [5, 5.41) is 2.99. The minimum atomic E-state index is -0.0210. The molecule has 23 heavy (non-hydrogen) atoms. The number of amides is 2. The number of hydrogen-bond acceptors (Lipinski definition) is 3. The van der Waals surface area contributed by atoms with Crippen LogP contribution in [0.5, 0.6) is 0 Å². The Morgan fingerprint density at radius 3 is 2.43 bits per heavy atom. The van der Waals surface area contributed by atoms with Gasteiger partial charge in [0.1, 0.15) is 0 Å². The van der Waals surface area contributed by atoms with Crippen LogP contribution in [0.25, 0.3) is 0 Å². The Morgan fingerprint density at radius 2 is 1.87 bits per heavy atom. The Kier molecular flexibility index (Phi) is 7.52. The van der Waals surface area contributed by atoms with Crippen LogP contribution in [0.1, 0.15) is 35.2 Å². The molecule has 0 heterocycles. The van der Waals surface area contributed by atoms with Gasteiger partial charge in [-0.3, -0.25) is 9.59 Å². The average Bonchev–Trinajstić information content (AvgIpc) is 3.01. The second-order valence-corrected chi connectivity index (χ2v) is 6.15. The molecular weight excluding hydrogens is 314 g/mol. The summed E-state index contributed by atoms with van der Waals surface area (Å²) in [4.78, 5) is 25.6. The molecule has 1 aliphatic rings. The first-order chi connectivity index (χ1) is 10.5. The van der Waals surface area contributed by atoms with Crippen LogP contribution in [0.15, 0.2) is 24.3 Å². The number of carbonyl (C=O) groups excluding carboxylic acids is 2. The molecule has 2 atom stereocenters. The van der Waals surface area contributed by atoms with E-state index < -0.39 is 0 Å². The predicted molar refractivity (Wildman–Crippen MR) is 93.4 cm³/mol. The van der Waals surface area contributed by atoms with Gasteiger partial charge in [0.2, 0.25) is 5.91 Å². The van der Waals surface area contributed by atoms with E-state index in [0.29, 0.717) is 24.6 Å². The van der Waals surface area contributed by atoms with Gasteiger partial charge in [0, 0.05) is 32.1 Å². The summed E-state index contributed by atoms with van der Waals surface area (Å²) in [6.45, 7) is 1.07. The van der Waals surface area contributed by atoms with Crippen LogP contribution in [0.4, 0.5) is 0 Å². The number of nitrogens with zero attached hydrogens (tertiary/aromatic N) is 1. The van der Waals surface area contributed by atoms with Crippen LogP contribution in [-0.4, -0.2) is 37.4 Å². The molecule has 2 rings (SSSR count). The molecule has 0 radical (unpaired) electrons. The fraction of sp³-hybridized carbons (Fsp3) is 0.529. The maximum Gasteiger partial charge on any atom is 0.253 e. The van der Waals surface area contributed by atoms with Crippen molar-refractivity contribution in [3.05, 3.63) is 35.4 Å². The van der Waals surface area contributed by atoms with Crippen molar-refractivity contribution in [2.24, 2.45) is 17.6 Å². The second-order valence-electron chi connectivity index (χ2n) is 6.15. The van der Waals surface area contributed by atoms with Crippen molar-refractivity contribution in [1.29, 1.82) is 0 Å². The van der Waals surface area contributed by atoms with Crippen LogP contribution in [0.2, 0.25) is 0 Å². The van der Waals surface area contributed by atoms with Crippen molar-refractivity contribution in [3.8, 4) is 0 Å². The van der Waals surface area contributed by atoms with E-state index in [1.54, 1.807) is 31.1 Å². The number of halogens is 1. The Labute approximate surface area is 144 Å². The number of rotatable bonds is 5. The van der Waals surface area contributed by atoms with Crippen LogP contribution in [0.3, 0.4) is 0 Å². The van der Waals surface area contributed by atoms with Gasteiger partial charge in [-0.05, 0) is 43.0 Å². The van der Waals surface area contributed by atoms with E-state index in [-0.39, 0.29) is 30.1 Å². The largest absolute Gasteiger partial charge is 0.352 e. The van der Waals surface area contributed by atoms with Gasteiger partial charge in [-0.2, -0.15) is 0 Å². The molecule has 1 saturated carbocycles. The Balaban J connectivity index is 0.00000264. The third-order valence-electron chi connectivity index (χ3n) is 4.37. The topological polar surface area (TPSA) is 75.4 Å². The molecule has 128 valence electrons. The fourth-order valence-corrected chi connectivity index (χ4v) is 3.01. The lowest BCUT2D eigenvalue weighted by atomic mass is 9.95. The van der Waals surface area contributed by atoms with Crippen LogP contribution >= 0.6 is 12.4 Å². The Morgan fingerprint density at radius 1 is 1.22 bits per heavy atom. The van der Waals surface area contributed by atoms with Crippen molar-refractivity contribution < 1.29 is 9.59 Å². The molecule has 0 saturated heterocycles. The standard InChI is InChI=1S/C17H25N3O2.ClH/c1-20(2)17(22)13-8-6-12(7-9-13)11-19-16(21)15-5-3-4-14(15)10-18;/h6-9,14-15H,3-5,10-11,18H2,1-2H3,(H,19,21);1H/t14-,15-;/m1./s1. The number of hydrogen-bond donors (Lipinski definition) is 2. The zero-order valence-electron chi connectivity index (χ0n) is 13.7. The molecule has 3 N–H and O–H groups in total. The lowest BCUT2D eigenvalue weighted by Crippen LogP contribution is -2.34. The summed E-state index contributed by atoms with van der Waals surface area (Å²) in [5.41, 5.74) is 7.37. The fourth-order valence-electron chi connectivity index (χ4n) is 3.01. The quantitative estimate of drug-likeness (QED) is 0.859. The second kappa shape index (κ2) is 8.89. The maximum atomic E-state index is 12.2. The maximum absolute atomic E-state index is 12.2. The molecule has 0 bridgehead atoms. The summed E-state index contributed by atoms with van der Waals surface area (Å²) in [6.07, 6.45) is 3.07. The highest BCUT2D eigenvalue weighted by Gasteiger charge is 2.31. The molecule has 2 amide bonds. The van der Waals surface area contributed by atoms with Gasteiger partial charge in [0.05, 0.1) is 0 Å². The van der Waals surface area contributed by atoms with Crippen molar-refractivity contribution in [2.45, 2.75) is 25.8 Å². The normalized spacial score (nSPS) is 19.8.